The van der Waals surface area contributed by atoms with Crippen LogP contribution in [-0.2, 0) is 18.4 Å². The van der Waals surface area contributed by atoms with Crippen molar-refractivity contribution in [3.05, 3.63) is 22.8 Å². The normalized spacial score (nSPS) is 16.7. The molecule has 1 atom stereocenters. The average molecular weight is 665 g/mol. The van der Waals surface area contributed by atoms with Crippen molar-refractivity contribution in [3.8, 4) is 0 Å². The lowest BCUT2D eigenvalue weighted by atomic mass is 10.1. The second-order valence-electron chi connectivity index (χ2n) is 15.6. The van der Waals surface area contributed by atoms with Crippen molar-refractivity contribution < 1.29 is 23.2 Å². The van der Waals surface area contributed by atoms with Gasteiger partial charge < -0.3 is 23.4 Å². The third-order valence-corrected chi connectivity index (χ3v) is 18.0. The first kappa shape index (κ1) is 38.5. The van der Waals surface area contributed by atoms with Gasteiger partial charge in [0.25, 0.3) is 0 Å². The SMILES string of the molecule is CC(C)(C)OC(=O)N1CCN(c2ncc(N=[N+]=[N-])cn2)C[C@@H]1C(=O)N(CCO[Si](C)(C)C(C)(C)C)CCO[Si](C)(C)C(C)(C)C. The predicted molar refractivity (Wildman–Crippen MR) is 183 cm³/mol. The molecule has 1 aliphatic rings. The molecule has 2 heterocycles. The highest BCUT2D eigenvalue weighted by Gasteiger charge is 2.42. The maximum absolute atomic E-state index is 14.5. The Morgan fingerprint density at radius 1 is 0.933 bits per heavy atom. The molecule has 0 saturated carbocycles. The molecule has 2 amide bonds. The molecule has 13 nitrogen and oxygen atoms in total. The van der Waals surface area contributed by atoms with Crippen molar-refractivity contribution in [2.45, 2.75) is 110 Å². The Bertz CT molecular complexity index is 1170. The summed E-state index contributed by atoms with van der Waals surface area (Å²) in [7, 11) is -4.12. The van der Waals surface area contributed by atoms with Crippen LogP contribution >= 0.6 is 0 Å². The Balaban J connectivity index is 2.40. The Morgan fingerprint density at radius 2 is 1.42 bits per heavy atom. The van der Waals surface area contributed by atoms with Gasteiger partial charge in [-0.1, -0.05) is 46.7 Å². The highest BCUT2D eigenvalue weighted by molar-refractivity contribution is 6.74. The number of aromatic nitrogens is 2. The van der Waals surface area contributed by atoms with Crippen LogP contribution in [0.25, 0.3) is 10.4 Å². The molecule has 1 fully saturated rings. The summed E-state index contributed by atoms with van der Waals surface area (Å²) in [5, 5.41) is 3.59. The number of carbonyl (C=O) groups is 2. The summed E-state index contributed by atoms with van der Waals surface area (Å²) in [6.45, 7) is 29.6. The van der Waals surface area contributed by atoms with E-state index in [1.807, 2.05) is 4.90 Å². The summed E-state index contributed by atoms with van der Waals surface area (Å²) in [5.74, 6) is 0.163. The Kier molecular flexibility index (Phi) is 12.6. The highest BCUT2D eigenvalue weighted by Crippen LogP contribution is 2.37. The van der Waals surface area contributed by atoms with Crippen molar-refractivity contribution in [2.75, 3.05) is 50.8 Å². The zero-order valence-corrected chi connectivity index (χ0v) is 31.8. The number of hydrogen-bond acceptors (Lipinski definition) is 9. The number of carbonyl (C=O) groups excluding carboxylic acids is 2. The maximum atomic E-state index is 14.5. The number of piperazine rings is 1. The Labute approximate surface area is 271 Å². The number of rotatable bonds is 11. The lowest BCUT2D eigenvalue weighted by Gasteiger charge is -2.43. The summed E-state index contributed by atoms with van der Waals surface area (Å²) >= 11 is 0. The third-order valence-electron chi connectivity index (χ3n) is 8.93. The van der Waals surface area contributed by atoms with Crippen LogP contribution in [0, 0.1) is 0 Å². The molecule has 254 valence electrons. The molecule has 0 unspecified atom stereocenters. The van der Waals surface area contributed by atoms with Crippen LogP contribution in [-0.4, -0.2) is 106 Å². The minimum atomic E-state index is -2.06. The van der Waals surface area contributed by atoms with Gasteiger partial charge in [0, 0.05) is 43.5 Å². The van der Waals surface area contributed by atoms with Crippen LogP contribution in [0.2, 0.25) is 36.3 Å². The van der Waals surface area contributed by atoms with Crippen LogP contribution in [0.3, 0.4) is 0 Å². The summed E-state index contributed by atoms with van der Waals surface area (Å²) in [6, 6.07) is -0.852. The lowest BCUT2D eigenvalue weighted by Crippen LogP contribution is -2.62. The molecule has 1 aromatic heterocycles. The van der Waals surface area contributed by atoms with E-state index in [2.05, 4.69) is 87.7 Å². The number of azide groups is 1. The Morgan fingerprint density at radius 3 is 1.84 bits per heavy atom. The monoisotopic (exact) mass is 664 g/mol. The number of anilines is 1. The van der Waals surface area contributed by atoms with Gasteiger partial charge in [-0.25, -0.2) is 14.8 Å². The van der Waals surface area contributed by atoms with Gasteiger partial charge >= 0.3 is 6.09 Å². The molecule has 1 saturated heterocycles. The van der Waals surface area contributed by atoms with Gasteiger partial charge in [-0.15, -0.1) is 0 Å². The van der Waals surface area contributed by atoms with Crippen molar-refractivity contribution in [3.63, 3.8) is 0 Å². The molecule has 0 spiro atoms. The van der Waals surface area contributed by atoms with Gasteiger partial charge in [0.2, 0.25) is 11.9 Å². The largest absolute Gasteiger partial charge is 0.444 e. The van der Waals surface area contributed by atoms with Crippen LogP contribution in [0.1, 0.15) is 62.3 Å². The fourth-order valence-corrected chi connectivity index (χ4v) is 6.16. The van der Waals surface area contributed by atoms with E-state index in [4.69, 9.17) is 19.1 Å². The van der Waals surface area contributed by atoms with Gasteiger partial charge in [-0.3, -0.25) is 9.69 Å². The smallest absolute Gasteiger partial charge is 0.411 e. The van der Waals surface area contributed by atoms with E-state index in [1.54, 1.807) is 25.7 Å². The van der Waals surface area contributed by atoms with Gasteiger partial charge in [0.05, 0.1) is 25.4 Å². The van der Waals surface area contributed by atoms with Crippen molar-refractivity contribution >= 4 is 40.3 Å². The van der Waals surface area contributed by atoms with Crippen molar-refractivity contribution in [1.29, 1.82) is 0 Å². The summed E-state index contributed by atoms with van der Waals surface area (Å²) in [6.07, 6.45) is 2.32. The Hall–Kier alpha value is -2.72. The maximum Gasteiger partial charge on any atom is 0.411 e. The first-order valence-electron chi connectivity index (χ1n) is 15.7. The highest BCUT2D eigenvalue weighted by atomic mass is 28.4. The van der Waals surface area contributed by atoms with Crippen LogP contribution in [0.5, 0.6) is 0 Å². The molecule has 2 rings (SSSR count). The topological polar surface area (TPSA) is 146 Å². The third kappa shape index (κ3) is 10.9. The van der Waals surface area contributed by atoms with Gasteiger partial charge in [0.1, 0.15) is 11.6 Å². The van der Waals surface area contributed by atoms with Gasteiger partial charge in [-0.2, -0.15) is 0 Å². The fraction of sp³-hybridized carbons (Fsp3) is 0.800. The number of amides is 2. The van der Waals surface area contributed by atoms with E-state index in [0.717, 1.165) is 0 Å². The number of ether oxygens (including phenoxy) is 1. The van der Waals surface area contributed by atoms with Crippen molar-refractivity contribution in [2.24, 2.45) is 5.11 Å². The molecular formula is C30H56N8O5Si2. The molecule has 45 heavy (non-hydrogen) atoms. The summed E-state index contributed by atoms with van der Waals surface area (Å²) in [5.41, 5.74) is 8.29. The zero-order valence-electron chi connectivity index (χ0n) is 29.8. The lowest BCUT2D eigenvalue weighted by molar-refractivity contribution is -0.138. The molecule has 0 aromatic carbocycles. The van der Waals surface area contributed by atoms with E-state index < -0.39 is 34.4 Å². The van der Waals surface area contributed by atoms with E-state index in [-0.39, 0.29) is 34.8 Å². The molecule has 1 aromatic rings. The molecular weight excluding hydrogens is 609 g/mol. The zero-order chi connectivity index (χ0) is 34.4. The minimum absolute atomic E-state index is 0.0266. The summed E-state index contributed by atoms with van der Waals surface area (Å²) in [4.78, 5) is 44.5. The summed E-state index contributed by atoms with van der Waals surface area (Å²) < 4.78 is 18.7. The van der Waals surface area contributed by atoms with Crippen LogP contribution < -0.4 is 4.90 Å². The van der Waals surface area contributed by atoms with E-state index in [1.165, 1.54) is 17.3 Å². The first-order chi connectivity index (χ1) is 20.5. The molecule has 1 aliphatic heterocycles. The van der Waals surface area contributed by atoms with Crippen LogP contribution in [0.4, 0.5) is 16.4 Å². The predicted octanol–water partition coefficient (Wildman–Crippen LogP) is 6.72. The van der Waals surface area contributed by atoms with E-state index in [0.29, 0.717) is 38.8 Å². The first-order valence-corrected chi connectivity index (χ1v) is 21.5. The second kappa shape index (κ2) is 14.8. The van der Waals surface area contributed by atoms with E-state index in [9.17, 15) is 9.59 Å². The van der Waals surface area contributed by atoms with Gasteiger partial charge in [0.15, 0.2) is 16.6 Å². The van der Waals surface area contributed by atoms with Gasteiger partial charge in [-0.05, 0) is 62.6 Å². The molecule has 0 N–H and O–H groups in total. The molecule has 0 bridgehead atoms. The quantitative estimate of drug-likeness (QED) is 0.110. The number of nitrogens with zero attached hydrogens (tertiary/aromatic N) is 8. The minimum Gasteiger partial charge on any atom is -0.444 e. The fourth-order valence-electron chi connectivity index (χ4n) is 4.09. The second-order valence-corrected chi connectivity index (χ2v) is 25.2. The van der Waals surface area contributed by atoms with Crippen molar-refractivity contribution in [1.82, 2.24) is 19.8 Å². The standard InChI is InChI=1S/C30H56N8O5Si2/c1-28(2,3)43-27(40)38-15-14-37(26-32-20-23(21-33-26)34-35-31)22-24(38)25(39)36(16-18-41-44(10,11)29(4,5)6)17-19-42-45(12,13)30(7,8)9/h20-21,24H,14-19,22H2,1-13H3/t24-/m1/s1. The average Bonchev–Trinajstić information content (AvgIpc) is 2.89. The van der Waals surface area contributed by atoms with Crippen LogP contribution in [0.15, 0.2) is 17.5 Å². The molecule has 0 aliphatic carbocycles. The van der Waals surface area contributed by atoms with E-state index >= 15 is 0 Å². The molecule has 0 radical (unpaired) electrons. The molecule has 15 heteroatoms. The number of hydrogen-bond donors (Lipinski definition) is 0.